The van der Waals surface area contributed by atoms with Crippen molar-refractivity contribution in [3.63, 3.8) is 0 Å². The SMILES string of the molecule is C=C/C(=C\C)NC(C)c1cc(C(=O)O)cc2ncc(N3CCOCC3)nc12. The van der Waals surface area contributed by atoms with Crippen LogP contribution in [0.1, 0.15) is 35.8 Å². The fourth-order valence-corrected chi connectivity index (χ4v) is 3.12. The second-order valence-electron chi connectivity index (χ2n) is 6.38. The lowest BCUT2D eigenvalue weighted by Crippen LogP contribution is -2.36. The molecule has 1 aromatic carbocycles. The minimum atomic E-state index is -0.987. The summed E-state index contributed by atoms with van der Waals surface area (Å²) in [5.74, 6) is -0.211. The normalized spacial score (nSPS) is 16.2. The zero-order valence-corrected chi connectivity index (χ0v) is 15.6. The Balaban J connectivity index is 2.08. The molecule has 0 aliphatic carbocycles. The molecule has 1 aliphatic heterocycles. The number of ether oxygens (including phenoxy) is 1. The highest BCUT2D eigenvalue weighted by Crippen LogP contribution is 2.27. The van der Waals surface area contributed by atoms with Crippen LogP contribution in [0.3, 0.4) is 0 Å². The van der Waals surface area contributed by atoms with Gasteiger partial charge in [-0.15, -0.1) is 0 Å². The molecule has 0 spiro atoms. The van der Waals surface area contributed by atoms with Crippen molar-refractivity contribution >= 4 is 22.8 Å². The predicted octanol–water partition coefficient (Wildman–Crippen LogP) is 2.91. The molecule has 2 N–H and O–H groups in total. The molecule has 27 heavy (non-hydrogen) atoms. The van der Waals surface area contributed by atoms with Gasteiger partial charge < -0.3 is 20.1 Å². The fourth-order valence-electron chi connectivity index (χ4n) is 3.12. The lowest BCUT2D eigenvalue weighted by atomic mass is 10.0. The van der Waals surface area contributed by atoms with Crippen LogP contribution in [0.2, 0.25) is 0 Å². The summed E-state index contributed by atoms with van der Waals surface area (Å²) in [6, 6.07) is 3.06. The van der Waals surface area contributed by atoms with Crippen LogP contribution in [0.15, 0.2) is 42.8 Å². The minimum absolute atomic E-state index is 0.162. The molecule has 1 fully saturated rings. The highest BCUT2D eigenvalue weighted by molar-refractivity contribution is 5.94. The third kappa shape index (κ3) is 4.09. The minimum Gasteiger partial charge on any atom is -0.478 e. The van der Waals surface area contributed by atoms with Gasteiger partial charge in [0.2, 0.25) is 0 Å². The van der Waals surface area contributed by atoms with Crippen LogP contribution < -0.4 is 10.2 Å². The van der Waals surface area contributed by atoms with Crippen LogP contribution in [0.5, 0.6) is 0 Å². The number of hydrogen-bond acceptors (Lipinski definition) is 6. The molecule has 7 heteroatoms. The Morgan fingerprint density at radius 3 is 2.78 bits per heavy atom. The first kappa shape index (κ1) is 18.8. The first-order chi connectivity index (χ1) is 13.0. The van der Waals surface area contributed by atoms with Crippen molar-refractivity contribution in [2.75, 3.05) is 31.2 Å². The van der Waals surface area contributed by atoms with E-state index in [0.717, 1.165) is 30.2 Å². The average Bonchev–Trinajstić information content (AvgIpc) is 2.71. The monoisotopic (exact) mass is 368 g/mol. The van der Waals surface area contributed by atoms with Crippen molar-refractivity contribution in [3.05, 3.63) is 53.9 Å². The smallest absolute Gasteiger partial charge is 0.335 e. The van der Waals surface area contributed by atoms with Crippen molar-refractivity contribution in [2.24, 2.45) is 0 Å². The predicted molar refractivity (Wildman–Crippen MR) is 105 cm³/mol. The van der Waals surface area contributed by atoms with E-state index >= 15 is 0 Å². The Bertz CT molecular complexity index is 888. The maximum absolute atomic E-state index is 11.5. The van der Waals surface area contributed by atoms with Crippen LogP contribution in [0.4, 0.5) is 5.82 Å². The molecule has 1 aromatic heterocycles. The topological polar surface area (TPSA) is 87.6 Å². The van der Waals surface area contributed by atoms with Crippen LogP contribution in [-0.2, 0) is 4.74 Å². The van der Waals surface area contributed by atoms with Crippen LogP contribution in [-0.4, -0.2) is 47.3 Å². The van der Waals surface area contributed by atoms with Gasteiger partial charge in [0.25, 0.3) is 0 Å². The van der Waals surface area contributed by atoms with Crippen LogP contribution >= 0.6 is 0 Å². The van der Waals surface area contributed by atoms with Gasteiger partial charge in [0.05, 0.1) is 42.0 Å². The number of aromatic nitrogens is 2. The second-order valence-corrected chi connectivity index (χ2v) is 6.38. The van der Waals surface area contributed by atoms with E-state index in [0.29, 0.717) is 24.2 Å². The fraction of sp³-hybridized carbons (Fsp3) is 0.350. The van der Waals surface area contributed by atoms with E-state index < -0.39 is 5.97 Å². The van der Waals surface area contributed by atoms with E-state index in [4.69, 9.17) is 9.72 Å². The van der Waals surface area contributed by atoms with Crippen molar-refractivity contribution in [3.8, 4) is 0 Å². The molecule has 1 saturated heterocycles. The largest absolute Gasteiger partial charge is 0.478 e. The number of fused-ring (bicyclic) bond motifs is 1. The third-order valence-electron chi connectivity index (χ3n) is 4.63. The molecule has 7 nitrogen and oxygen atoms in total. The van der Waals surface area contributed by atoms with Gasteiger partial charge in [-0.3, -0.25) is 4.98 Å². The van der Waals surface area contributed by atoms with Crippen LogP contribution in [0, 0.1) is 0 Å². The van der Waals surface area contributed by atoms with E-state index in [9.17, 15) is 9.90 Å². The van der Waals surface area contributed by atoms with Gasteiger partial charge >= 0.3 is 5.97 Å². The van der Waals surface area contributed by atoms with Gasteiger partial charge in [0, 0.05) is 24.4 Å². The summed E-state index contributed by atoms with van der Waals surface area (Å²) in [6.07, 6.45) is 5.34. The molecule has 1 unspecified atom stereocenters. The summed E-state index contributed by atoms with van der Waals surface area (Å²) in [7, 11) is 0. The molecule has 0 amide bonds. The van der Waals surface area contributed by atoms with Gasteiger partial charge in [-0.2, -0.15) is 0 Å². The highest BCUT2D eigenvalue weighted by atomic mass is 16.5. The number of nitrogens with one attached hydrogen (secondary N) is 1. The van der Waals surface area contributed by atoms with Crippen molar-refractivity contribution in [1.29, 1.82) is 0 Å². The molecule has 1 atom stereocenters. The van der Waals surface area contributed by atoms with Crippen LogP contribution in [0.25, 0.3) is 11.0 Å². The number of allylic oxidation sites excluding steroid dienone is 2. The van der Waals surface area contributed by atoms with Gasteiger partial charge in [0.15, 0.2) is 0 Å². The van der Waals surface area contributed by atoms with Crippen molar-refractivity contribution in [2.45, 2.75) is 19.9 Å². The molecule has 2 heterocycles. The number of carboxylic acid groups (broad SMARTS) is 1. The lowest BCUT2D eigenvalue weighted by molar-refractivity contribution is 0.0697. The number of benzene rings is 1. The molecule has 0 bridgehead atoms. The third-order valence-corrected chi connectivity index (χ3v) is 4.63. The summed E-state index contributed by atoms with van der Waals surface area (Å²) in [5.41, 5.74) is 3.11. The second kappa shape index (κ2) is 8.18. The number of rotatable bonds is 6. The quantitative estimate of drug-likeness (QED) is 0.758. The Hall–Kier alpha value is -2.93. The molecule has 0 saturated carbocycles. The number of hydrogen-bond donors (Lipinski definition) is 2. The number of anilines is 1. The van der Waals surface area contributed by atoms with Gasteiger partial charge in [-0.25, -0.2) is 9.78 Å². The van der Waals surface area contributed by atoms with E-state index in [2.05, 4.69) is 21.8 Å². The molecular formula is C20H24N4O3. The number of nitrogens with zero attached hydrogens (tertiary/aromatic N) is 3. The van der Waals surface area contributed by atoms with Gasteiger partial charge in [-0.1, -0.05) is 12.7 Å². The van der Waals surface area contributed by atoms with E-state index in [1.54, 1.807) is 24.4 Å². The Kier molecular flexibility index (Phi) is 5.71. The zero-order valence-electron chi connectivity index (χ0n) is 15.6. The van der Waals surface area contributed by atoms with E-state index in [-0.39, 0.29) is 11.6 Å². The standard InChI is InChI=1S/C20H24N4O3/c1-4-15(5-2)22-13(3)16-10-14(20(25)26)11-17-19(16)23-18(12-21-17)24-6-8-27-9-7-24/h4-5,10-13,22H,1,6-9H2,2-3H3,(H,25,26)/b15-5+. The molecule has 3 rings (SSSR count). The van der Waals surface area contributed by atoms with Crippen molar-refractivity contribution < 1.29 is 14.6 Å². The summed E-state index contributed by atoms with van der Waals surface area (Å²) in [6.45, 7) is 10.5. The highest BCUT2D eigenvalue weighted by Gasteiger charge is 2.19. The Morgan fingerprint density at radius 2 is 2.15 bits per heavy atom. The summed E-state index contributed by atoms with van der Waals surface area (Å²) < 4.78 is 5.40. The summed E-state index contributed by atoms with van der Waals surface area (Å²) in [5, 5.41) is 12.8. The van der Waals surface area contributed by atoms with E-state index in [1.165, 1.54) is 0 Å². The summed E-state index contributed by atoms with van der Waals surface area (Å²) >= 11 is 0. The number of morpholine rings is 1. The zero-order chi connectivity index (χ0) is 19.4. The summed E-state index contributed by atoms with van der Waals surface area (Å²) in [4.78, 5) is 23.0. The number of aromatic carboxylic acids is 1. The first-order valence-corrected chi connectivity index (χ1v) is 8.95. The first-order valence-electron chi connectivity index (χ1n) is 8.95. The lowest BCUT2D eigenvalue weighted by Gasteiger charge is -2.28. The van der Waals surface area contributed by atoms with Crippen molar-refractivity contribution in [1.82, 2.24) is 15.3 Å². The Labute approximate surface area is 158 Å². The maximum Gasteiger partial charge on any atom is 0.335 e. The Morgan fingerprint density at radius 1 is 1.41 bits per heavy atom. The van der Waals surface area contributed by atoms with Gasteiger partial charge in [0.1, 0.15) is 5.82 Å². The van der Waals surface area contributed by atoms with E-state index in [1.807, 2.05) is 19.9 Å². The molecular weight excluding hydrogens is 344 g/mol. The molecule has 142 valence electrons. The molecule has 2 aromatic rings. The molecule has 0 radical (unpaired) electrons. The molecule has 1 aliphatic rings. The average molecular weight is 368 g/mol. The maximum atomic E-state index is 11.5. The number of carbonyl (C=O) groups is 1. The van der Waals surface area contributed by atoms with Gasteiger partial charge in [-0.05, 0) is 32.1 Å². The number of carboxylic acids is 1.